The van der Waals surface area contributed by atoms with Gasteiger partial charge in [-0.05, 0) is 32.4 Å². The number of aliphatic hydroxyl groups is 1. The fourth-order valence-corrected chi connectivity index (χ4v) is 0.717. The van der Waals surface area contributed by atoms with E-state index in [9.17, 15) is 0 Å². The molecule has 0 aromatic rings. The monoisotopic (exact) mass is 143 g/mol. The van der Waals surface area contributed by atoms with Crippen molar-refractivity contribution in [1.29, 1.82) is 0 Å². The summed E-state index contributed by atoms with van der Waals surface area (Å²) >= 11 is 0. The van der Waals surface area contributed by atoms with Crippen molar-refractivity contribution in [2.75, 3.05) is 13.2 Å². The van der Waals surface area contributed by atoms with Crippen molar-refractivity contribution < 1.29 is 5.11 Å². The van der Waals surface area contributed by atoms with Crippen molar-refractivity contribution in [2.24, 2.45) is 0 Å². The number of nitrogens with one attached hydrogen (secondary N) is 1. The molecule has 2 heteroatoms. The first-order chi connectivity index (χ1) is 4.91. The van der Waals surface area contributed by atoms with Gasteiger partial charge >= 0.3 is 0 Å². The van der Waals surface area contributed by atoms with Crippen LogP contribution in [-0.2, 0) is 0 Å². The number of aliphatic hydroxyl groups excluding tert-OH is 1. The molecule has 2 nitrogen and oxygen atoms in total. The molecule has 0 saturated carbocycles. The molecule has 0 unspecified atom stereocenters. The van der Waals surface area contributed by atoms with Crippen molar-refractivity contribution >= 4 is 0 Å². The van der Waals surface area contributed by atoms with Gasteiger partial charge in [-0.25, -0.2) is 0 Å². The lowest BCUT2D eigenvalue weighted by atomic mass is 10.2. The Morgan fingerprint density at radius 1 is 1.30 bits per heavy atom. The number of rotatable bonds is 6. The molecule has 0 aliphatic rings. The average Bonchev–Trinajstić information content (AvgIpc) is 1.97. The minimum Gasteiger partial charge on any atom is -0.396 e. The van der Waals surface area contributed by atoms with Crippen molar-refractivity contribution in [3.05, 3.63) is 12.3 Å². The highest BCUT2D eigenvalue weighted by Gasteiger charge is 1.84. The maximum absolute atomic E-state index is 8.43. The number of hydrogen-bond acceptors (Lipinski definition) is 2. The van der Waals surface area contributed by atoms with E-state index in [1.165, 1.54) is 0 Å². The predicted molar refractivity (Wildman–Crippen MR) is 43.8 cm³/mol. The van der Waals surface area contributed by atoms with Crippen LogP contribution in [0.5, 0.6) is 0 Å². The molecule has 0 spiro atoms. The van der Waals surface area contributed by atoms with Gasteiger partial charge in [0.05, 0.1) is 0 Å². The SMILES string of the molecule is CC=CNCCCCCO. The quantitative estimate of drug-likeness (QED) is 0.549. The van der Waals surface area contributed by atoms with Crippen LogP contribution < -0.4 is 5.32 Å². The minimum atomic E-state index is 0.323. The van der Waals surface area contributed by atoms with E-state index in [2.05, 4.69) is 5.32 Å². The molecule has 0 heterocycles. The van der Waals surface area contributed by atoms with E-state index >= 15 is 0 Å². The molecule has 0 radical (unpaired) electrons. The third-order valence-corrected chi connectivity index (χ3v) is 1.26. The third kappa shape index (κ3) is 7.50. The summed E-state index contributed by atoms with van der Waals surface area (Å²) in [6, 6.07) is 0. The summed E-state index contributed by atoms with van der Waals surface area (Å²) in [5.74, 6) is 0. The average molecular weight is 143 g/mol. The van der Waals surface area contributed by atoms with Crippen LogP contribution in [0.1, 0.15) is 26.2 Å². The Bertz CT molecular complexity index is 81.3. The van der Waals surface area contributed by atoms with Gasteiger partial charge in [0.15, 0.2) is 0 Å². The molecule has 2 N–H and O–H groups in total. The summed E-state index contributed by atoms with van der Waals surface area (Å²) in [5, 5.41) is 11.6. The second kappa shape index (κ2) is 8.50. The highest BCUT2D eigenvalue weighted by molar-refractivity contribution is 4.73. The van der Waals surface area contributed by atoms with Gasteiger partial charge in [0, 0.05) is 13.2 Å². The molecule has 10 heavy (non-hydrogen) atoms. The van der Waals surface area contributed by atoms with E-state index in [0.29, 0.717) is 6.61 Å². The Labute approximate surface area is 62.9 Å². The topological polar surface area (TPSA) is 32.3 Å². The van der Waals surface area contributed by atoms with E-state index in [-0.39, 0.29) is 0 Å². The Balaban J connectivity index is 2.77. The van der Waals surface area contributed by atoms with Gasteiger partial charge < -0.3 is 10.4 Å². The van der Waals surface area contributed by atoms with Crippen LogP contribution in [0, 0.1) is 0 Å². The summed E-state index contributed by atoms with van der Waals surface area (Å²) in [6.07, 6.45) is 7.11. The molecule has 0 aromatic heterocycles. The van der Waals surface area contributed by atoms with Crippen LogP contribution in [0.25, 0.3) is 0 Å². The molecule has 0 aliphatic carbocycles. The molecule has 0 aromatic carbocycles. The predicted octanol–water partition coefficient (Wildman–Crippen LogP) is 1.27. The number of hydrogen-bond donors (Lipinski definition) is 2. The lowest BCUT2D eigenvalue weighted by molar-refractivity contribution is 0.283. The summed E-state index contributed by atoms with van der Waals surface area (Å²) < 4.78 is 0. The van der Waals surface area contributed by atoms with E-state index in [1.807, 2.05) is 19.2 Å². The van der Waals surface area contributed by atoms with Crippen LogP contribution in [0.4, 0.5) is 0 Å². The molecule has 0 atom stereocenters. The van der Waals surface area contributed by atoms with Gasteiger partial charge in [0.25, 0.3) is 0 Å². The Morgan fingerprint density at radius 3 is 2.70 bits per heavy atom. The van der Waals surface area contributed by atoms with E-state index < -0.39 is 0 Å². The van der Waals surface area contributed by atoms with E-state index in [1.54, 1.807) is 0 Å². The van der Waals surface area contributed by atoms with Crippen LogP contribution in [0.2, 0.25) is 0 Å². The molecule has 0 amide bonds. The molecule has 0 fully saturated rings. The lowest BCUT2D eigenvalue weighted by Crippen LogP contribution is -2.06. The zero-order valence-electron chi connectivity index (χ0n) is 6.64. The maximum Gasteiger partial charge on any atom is 0.0431 e. The normalized spacial score (nSPS) is 10.6. The highest BCUT2D eigenvalue weighted by Crippen LogP contribution is 1.91. The summed E-state index contributed by atoms with van der Waals surface area (Å²) in [4.78, 5) is 0. The van der Waals surface area contributed by atoms with Crippen LogP contribution in [0.15, 0.2) is 12.3 Å². The van der Waals surface area contributed by atoms with Gasteiger partial charge in [0.2, 0.25) is 0 Å². The minimum absolute atomic E-state index is 0.323. The Morgan fingerprint density at radius 2 is 2.10 bits per heavy atom. The second-order valence-corrected chi connectivity index (χ2v) is 2.24. The van der Waals surface area contributed by atoms with Crippen LogP contribution >= 0.6 is 0 Å². The second-order valence-electron chi connectivity index (χ2n) is 2.24. The lowest BCUT2D eigenvalue weighted by Gasteiger charge is -1.98. The molecule has 0 aliphatic heterocycles. The molecule has 0 bridgehead atoms. The molecule has 0 saturated heterocycles. The first kappa shape index (κ1) is 9.50. The Hall–Kier alpha value is -0.500. The van der Waals surface area contributed by atoms with Crippen molar-refractivity contribution in [2.45, 2.75) is 26.2 Å². The number of allylic oxidation sites excluding steroid dienone is 1. The van der Waals surface area contributed by atoms with Gasteiger partial charge in [-0.1, -0.05) is 6.08 Å². The highest BCUT2D eigenvalue weighted by atomic mass is 16.2. The number of unbranched alkanes of at least 4 members (excludes halogenated alkanes) is 2. The molecule has 60 valence electrons. The van der Waals surface area contributed by atoms with Gasteiger partial charge in [-0.3, -0.25) is 0 Å². The molecule has 0 rings (SSSR count). The fraction of sp³-hybridized carbons (Fsp3) is 0.750. The smallest absolute Gasteiger partial charge is 0.0431 e. The Kier molecular flexibility index (Phi) is 8.07. The maximum atomic E-state index is 8.43. The van der Waals surface area contributed by atoms with Crippen molar-refractivity contribution in [3.63, 3.8) is 0 Å². The molecular weight excluding hydrogens is 126 g/mol. The largest absolute Gasteiger partial charge is 0.396 e. The van der Waals surface area contributed by atoms with E-state index in [4.69, 9.17) is 5.11 Å². The summed E-state index contributed by atoms with van der Waals surface area (Å²) in [6.45, 7) is 3.33. The first-order valence-corrected chi connectivity index (χ1v) is 3.87. The summed E-state index contributed by atoms with van der Waals surface area (Å²) in [7, 11) is 0. The van der Waals surface area contributed by atoms with Crippen LogP contribution in [-0.4, -0.2) is 18.3 Å². The van der Waals surface area contributed by atoms with Crippen molar-refractivity contribution in [1.82, 2.24) is 5.32 Å². The van der Waals surface area contributed by atoms with Gasteiger partial charge in [-0.15, -0.1) is 0 Å². The zero-order valence-corrected chi connectivity index (χ0v) is 6.64. The standard InChI is InChI=1S/C8H17NO/c1-2-6-9-7-4-3-5-8-10/h2,6,9-10H,3-5,7-8H2,1H3. The van der Waals surface area contributed by atoms with Gasteiger partial charge in [-0.2, -0.15) is 0 Å². The summed E-state index contributed by atoms with van der Waals surface area (Å²) in [5.41, 5.74) is 0. The van der Waals surface area contributed by atoms with E-state index in [0.717, 1.165) is 25.8 Å². The fourth-order valence-electron chi connectivity index (χ4n) is 0.717. The molecular formula is C8H17NO. The first-order valence-electron chi connectivity index (χ1n) is 3.87. The zero-order chi connectivity index (χ0) is 7.66. The van der Waals surface area contributed by atoms with Crippen molar-refractivity contribution in [3.8, 4) is 0 Å². The van der Waals surface area contributed by atoms with Gasteiger partial charge in [0.1, 0.15) is 0 Å². The van der Waals surface area contributed by atoms with Crippen LogP contribution in [0.3, 0.4) is 0 Å². The third-order valence-electron chi connectivity index (χ3n) is 1.26.